The van der Waals surface area contributed by atoms with Crippen LogP contribution in [0.2, 0.25) is 0 Å². The first-order valence-electron chi connectivity index (χ1n) is 31.0. The van der Waals surface area contributed by atoms with Crippen molar-refractivity contribution in [3.05, 3.63) is 198 Å². The molecule has 0 atom stereocenters. The molecule has 0 unspecified atom stereocenters. The maximum absolute atomic E-state index is 14.2. The zero-order chi connectivity index (χ0) is 72.3. The van der Waals surface area contributed by atoms with Gasteiger partial charge in [-0.25, -0.2) is 4.79 Å². The summed E-state index contributed by atoms with van der Waals surface area (Å²) in [7, 11) is 1.33. The predicted molar refractivity (Wildman–Crippen MR) is 378 cm³/mol. The van der Waals surface area contributed by atoms with E-state index < -0.39 is 82.1 Å². The highest BCUT2D eigenvalue weighted by Gasteiger charge is 2.27. The molecule has 99 heavy (non-hydrogen) atoms. The van der Waals surface area contributed by atoms with Crippen molar-refractivity contribution in [3.63, 3.8) is 0 Å². The third-order valence-corrected chi connectivity index (χ3v) is 16.4. The van der Waals surface area contributed by atoms with Gasteiger partial charge in [0.15, 0.2) is 0 Å². The zero-order valence-corrected chi connectivity index (χ0v) is 59.6. The summed E-state index contributed by atoms with van der Waals surface area (Å²) >= 11 is 6.06. The lowest BCUT2D eigenvalue weighted by Crippen LogP contribution is -2.48. The van der Waals surface area contributed by atoms with E-state index in [-0.39, 0.29) is 78.8 Å². The number of piperazine rings is 4. The average molecular weight is 1550 g/mol. The van der Waals surface area contributed by atoms with Gasteiger partial charge in [-0.3, -0.25) is 75.0 Å². The SMILES string of the molecule is C.C1CNCCN1.CC(=O)N1CCNCC1.CCN(C(C)C)C(C)C.COC(=O)N1CCN(Cc2cccc([N+](=O)[O-])c2F)CC1.Cl.O=[N+]([O-])c1cccc(CBr)c1F.O=[N+]([O-])c1cccc(CBr)c1F.O=[N+]([O-])c1cccc(CN2CCN(Cc3cccc([N+](=O)[O-])c3F)CC2)c1F. The molecule has 5 aromatic carbocycles. The van der Waals surface area contributed by atoms with E-state index >= 15 is 0 Å². The van der Waals surface area contributed by atoms with Gasteiger partial charge in [0.25, 0.3) is 0 Å². The lowest BCUT2D eigenvalue weighted by molar-refractivity contribution is -0.387. The van der Waals surface area contributed by atoms with Crippen molar-refractivity contribution in [2.75, 3.05) is 118 Å². The number of alkyl halides is 2. The summed E-state index contributed by atoms with van der Waals surface area (Å²) in [6.07, 6.45) is -0.379. The number of methoxy groups -OCH3 is 1. The van der Waals surface area contributed by atoms with E-state index in [2.05, 4.69) is 92.1 Å². The molecule has 0 aromatic heterocycles. The first-order valence-corrected chi connectivity index (χ1v) is 33.2. The molecule has 0 saturated carbocycles. The van der Waals surface area contributed by atoms with Crippen LogP contribution in [0.1, 0.15) is 76.8 Å². The second-order valence-corrected chi connectivity index (χ2v) is 23.5. The van der Waals surface area contributed by atoms with E-state index in [1.807, 2.05) is 19.6 Å². The normalized spacial score (nSPS) is 14.5. The van der Waals surface area contributed by atoms with Crippen LogP contribution in [0.5, 0.6) is 0 Å². The molecule has 27 nitrogen and oxygen atoms in total. The Morgan fingerprint density at radius 3 is 0.919 bits per heavy atom. The number of carbonyl (C=O) groups excluding carboxylic acids is 2. The molecule has 550 valence electrons. The quantitative estimate of drug-likeness (QED) is 0.0358. The average Bonchev–Trinajstić information content (AvgIpc) is 0.860. The maximum Gasteiger partial charge on any atom is 0.409 e. The number of carbonyl (C=O) groups is 2. The van der Waals surface area contributed by atoms with Crippen molar-refractivity contribution < 1.29 is 60.9 Å². The van der Waals surface area contributed by atoms with E-state index in [1.54, 1.807) is 11.8 Å². The zero-order valence-electron chi connectivity index (χ0n) is 55.7. The Kier molecular flexibility index (Phi) is 42.9. The van der Waals surface area contributed by atoms with Crippen molar-refractivity contribution >= 4 is 84.7 Å². The third kappa shape index (κ3) is 30.5. The van der Waals surface area contributed by atoms with Crippen LogP contribution in [0.3, 0.4) is 0 Å². The van der Waals surface area contributed by atoms with Gasteiger partial charge in [0.1, 0.15) is 0 Å². The van der Waals surface area contributed by atoms with Gasteiger partial charge in [0, 0.05) is 212 Å². The lowest BCUT2D eigenvalue weighted by Gasteiger charge is -2.34. The fourth-order valence-electron chi connectivity index (χ4n) is 10.1. The van der Waals surface area contributed by atoms with Crippen molar-refractivity contribution in [2.45, 2.75) is 91.3 Å². The van der Waals surface area contributed by atoms with E-state index in [0.29, 0.717) is 75.6 Å². The summed E-state index contributed by atoms with van der Waals surface area (Å²) in [4.78, 5) is 83.0. The van der Waals surface area contributed by atoms with Gasteiger partial charge in [0.2, 0.25) is 35.0 Å². The Bertz CT molecular complexity index is 3200. The molecule has 0 aliphatic carbocycles. The van der Waals surface area contributed by atoms with Crippen molar-refractivity contribution in [2.24, 2.45) is 0 Å². The van der Waals surface area contributed by atoms with Crippen LogP contribution in [-0.2, 0) is 39.8 Å². The molecule has 4 aliphatic heterocycles. The van der Waals surface area contributed by atoms with E-state index in [0.717, 1.165) is 89.2 Å². The number of nitro benzene ring substituents is 5. The Balaban J connectivity index is 0.000000611. The molecule has 0 spiro atoms. The largest absolute Gasteiger partial charge is 0.453 e. The first kappa shape index (κ1) is 89.5. The molecule has 5 aromatic rings. The number of halogens is 8. The topological polar surface area (TPSA) is 315 Å². The van der Waals surface area contributed by atoms with Gasteiger partial charge in [0.05, 0.1) is 31.7 Å². The molecule has 4 fully saturated rings. The molecule has 4 aliphatic rings. The summed E-state index contributed by atoms with van der Waals surface area (Å²) in [6, 6.07) is 21.9. The van der Waals surface area contributed by atoms with E-state index in [1.165, 1.54) is 67.8 Å². The number of nitrogens with zero attached hydrogens (tertiary/aromatic N) is 11. The lowest BCUT2D eigenvalue weighted by atomic mass is 10.1. The summed E-state index contributed by atoms with van der Waals surface area (Å²) in [5.41, 5.74) is -1.17. The van der Waals surface area contributed by atoms with Crippen LogP contribution in [0.25, 0.3) is 0 Å². The standard InChI is InChI=1S/C18H18F2N4O4.C13H16FN3O4.C8H19N.2C7H5BrFNO2.C6H12N2O.C4H10N2.CH4.ClH/c19-17-13(3-1-5-15(17)23(25)26)11-21-7-9-22(10-8-21)12-14-4-2-6-16(18(14)20)24(27)28;1-21-13(18)16-7-5-15(6-8-16)9-10-3-2-4-11(12(10)14)17(19)20;1-6-9(7(2)3)8(4)5;2*8-4-5-2-1-3-6(7(5)9)10(11)12;1-6(9)8-4-2-7-3-5-8;1-2-6-4-3-5-1;;/h1-6H,7-12H2;2-4H,5-9H2,1H3;7-8H,6H2,1-5H3;2*1-3H,4H2;7H,2-5H2,1H3;5-6H,1-4H2;1H4;1H. The number of hydrogen-bond donors (Lipinski definition) is 3. The highest BCUT2D eigenvalue weighted by molar-refractivity contribution is 9.08. The number of nitro groups is 5. The number of rotatable bonds is 16. The molecule has 3 N–H and O–H groups in total. The summed E-state index contributed by atoms with van der Waals surface area (Å²) in [6.45, 7) is 27.3. The molecule has 35 heteroatoms. The fraction of sp³-hybridized carbons (Fsp3) is 0.500. The number of ether oxygens (including phenoxy) is 1. The molecular formula is C64H90Br2ClF5N14O13. The Morgan fingerprint density at radius 1 is 0.465 bits per heavy atom. The minimum Gasteiger partial charge on any atom is -0.453 e. The maximum atomic E-state index is 14.2. The monoisotopic (exact) mass is 1550 g/mol. The minimum atomic E-state index is -0.825. The molecule has 0 radical (unpaired) electrons. The van der Waals surface area contributed by atoms with Gasteiger partial charge < -0.3 is 30.5 Å². The van der Waals surface area contributed by atoms with E-state index in [4.69, 9.17) is 0 Å². The highest BCUT2D eigenvalue weighted by atomic mass is 79.9. The van der Waals surface area contributed by atoms with Crippen molar-refractivity contribution in [1.29, 1.82) is 0 Å². The van der Waals surface area contributed by atoms with Crippen LogP contribution in [0.15, 0.2) is 91.0 Å². The molecule has 4 saturated heterocycles. The van der Waals surface area contributed by atoms with Crippen LogP contribution in [0.4, 0.5) is 55.2 Å². The van der Waals surface area contributed by atoms with Crippen LogP contribution in [-0.4, -0.2) is 196 Å². The molecule has 9 rings (SSSR count). The first-order chi connectivity index (χ1) is 46.1. The number of amides is 2. The summed E-state index contributed by atoms with van der Waals surface area (Å²) in [5.74, 6) is -3.78. The number of hydrogen-bond acceptors (Lipinski definition) is 20. The van der Waals surface area contributed by atoms with E-state index in [9.17, 15) is 82.1 Å². The fourth-order valence-corrected chi connectivity index (χ4v) is 10.9. The van der Waals surface area contributed by atoms with Crippen molar-refractivity contribution in [3.8, 4) is 0 Å². The van der Waals surface area contributed by atoms with Gasteiger partial charge in [-0.1, -0.05) is 107 Å². The Labute approximate surface area is 596 Å². The Hall–Kier alpha value is -7.54. The second-order valence-electron chi connectivity index (χ2n) is 22.4. The molecular weight excluding hydrogens is 1460 g/mol. The number of nitrogens with one attached hydrogen (secondary N) is 3. The number of benzene rings is 5. The smallest absolute Gasteiger partial charge is 0.409 e. The Morgan fingerprint density at radius 2 is 0.717 bits per heavy atom. The summed E-state index contributed by atoms with van der Waals surface area (Å²) < 4.78 is 73.2. The van der Waals surface area contributed by atoms with Gasteiger partial charge in [-0.2, -0.15) is 22.0 Å². The third-order valence-electron chi connectivity index (χ3n) is 15.2. The summed E-state index contributed by atoms with van der Waals surface area (Å²) in [5, 5.41) is 63.1. The van der Waals surface area contributed by atoms with Crippen LogP contribution in [0, 0.1) is 79.7 Å². The van der Waals surface area contributed by atoms with Gasteiger partial charge in [-0.05, 0) is 34.2 Å². The second kappa shape index (κ2) is 47.5. The molecule has 4 heterocycles. The van der Waals surface area contributed by atoms with Gasteiger partial charge >= 0.3 is 34.5 Å². The van der Waals surface area contributed by atoms with Crippen molar-refractivity contribution in [1.82, 2.24) is 45.3 Å². The van der Waals surface area contributed by atoms with Gasteiger partial charge in [-0.15, -0.1) is 12.4 Å². The molecule has 0 bridgehead atoms. The molecule has 2 amide bonds. The van der Waals surface area contributed by atoms with Crippen LogP contribution >= 0.6 is 44.3 Å². The van der Waals surface area contributed by atoms with Crippen LogP contribution < -0.4 is 16.0 Å². The minimum absolute atomic E-state index is 0. The highest BCUT2D eigenvalue weighted by Crippen LogP contribution is 2.27. The predicted octanol–water partition coefficient (Wildman–Crippen LogP) is 11.8.